The lowest BCUT2D eigenvalue weighted by Gasteiger charge is -2.33. The Morgan fingerprint density at radius 3 is 2.90 bits per heavy atom. The van der Waals surface area contributed by atoms with Gasteiger partial charge in [0.05, 0.1) is 4.92 Å². The van der Waals surface area contributed by atoms with E-state index in [0.29, 0.717) is 12.0 Å². The third kappa shape index (κ3) is 3.55. The van der Waals surface area contributed by atoms with E-state index in [1.165, 1.54) is 18.9 Å². The minimum absolute atomic E-state index is 0.0482. The van der Waals surface area contributed by atoms with Crippen molar-refractivity contribution >= 4 is 5.69 Å². The summed E-state index contributed by atoms with van der Waals surface area (Å²) >= 11 is 0. The lowest BCUT2D eigenvalue weighted by atomic mass is 9.84. The zero-order chi connectivity index (χ0) is 14.5. The number of hydrogen-bond donors (Lipinski definition) is 2. The monoisotopic (exact) mass is 278 g/mol. The molecule has 0 amide bonds. The Morgan fingerprint density at radius 1 is 1.45 bits per heavy atom. The van der Waals surface area contributed by atoms with Gasteiger partial charge in [0.15, 0.2) is 0 Å². The van der Waals surface area contributed by atoms with Crippen LogP contribution in [0.4, 0.5) is 5.69 Å². The second-order valence-corrected chi connectivity index (χ2v) is 5.57. The van der Waals surface area contributed by atoms with Crippen LogP contribution in [0.25, 0.3) is 0 Å². The van der Waals surface area contributed by atoms with E-state index < -0.39 is 0 Å². The van der Waals surface area contributed by atoms with Crippen LogP contribution in [0.1, 0.15) is 44.2 Å². The van der Waals surface area contributed by atoms with Crippen LogP contribution in [0.15, 0.2) is 24.3 Å². The number of benzene rings is 1. The van der Waals surface area contributed by atoms with E-state index >= 15 is 0 Å². The number of aliphatic hydroxyl groups is 1. The van der Waals surface area contributed by atoms with Crippen LogP contribution in [-0.4, -0.2) is 22.7 Å². The molecule has 0 heterocycles. The first-order chi connectivity index (χ1) is 9.61. The lowest BCUT2D eigenvalue weighted by molar-refractivity contribution is -0.384. The van der Waals surface area contributed by atoms with Gasteiger partial charge in [-0.3, -0.25) is 10.1 Å². The van der Waals surface area contributed by atoms with E-state index in [1.807, 2.05) is 13.0 Å². The molecule has 20 heavy (non-hydrogen) atoms. The van der Waals surface area contributed by atoms with Crippen LogP contribution < -0.4 is 5.32 Å². The molecule has 2 rings (SSSR count). The molecule has 0 aliphatic heterocycles. The van der Waals surface area contributed by atoms with Gasteiger partial charge in [-0.15, -0.1) is 0 Å². The summed E-state index contributed by atoms with van der Waals surface area (Å²) in [6.07, 6.45) is 4.46. The van der Waals surface area contributed by atoms with Crippen molar-refractivity contribution in [3.05, 3.63) is 39.9 Å². The predicted molar refractivity (Wildman–Crippen MR) is 77.5 cm³/mol. The van der Waals surface area contributed by atoms with Crippen molar-refractivity contribution in [3.63, 3.8) is 0 Å². The molecule has 0 aromatic heterocycles. The summed E-state index contributed by atoms with van der Waals surface area (Å²) < 4.78 is 0. The summed E-state index contributed by atoms with van der Waals surface area (Å²) in [7, 11) is 0. The van der Waals surface area contributed by atoms with Gasteiger partial charge in [0.2, 0.25) is 0 Å². The van der Waals surface area contributed by atoms with Crippen LogP contribution in [0.5, 0.6) is 0 Å². The van der Waals surface area contributed by atoms with E-state index in [9.17, 15) is 15.2 Å². The lowest BCUT2D eigenvalue weighted by Crippen LogP contribution is -2.41. The maximum atomic E-state index is 10.8. The second kappa shape index (κ2) is 6.81. The van der Waals surface area contributed by atoms with E-state index in [-0.39, 0.29) is 23.3 Å². The molecule has 1 aromatic carbocycles. The normalized spacial score (nSPS) is 24.3. The molecule has 1 aromatic rings. The number of hydrogen-bond acceptors (Lipinski definition) is 4. The van der Waals surface area contributed by atoms with Crippen molar-refractivity contribution in [2.45, 2.75) is 44.7 Å². The van der Waals surface area contributed by atoms with Gasteiger partial charge in [-0.1, -0.05) is 25.0 Å². The molecule has 0 radical (unpaired) electrons. The maximum Gasteiger partial charge on any atom is 0.269 e. The topological polar surface area (TPSA) is 75.4 Å². The molecule has 0 bridgehead atoms. The van der Waals surface area contributed by atoms with Gasteiger partial charge >= 0.3 is 0 Å². The molecule has 3 unspecified atom stereocenters. The fourth-order valence-electron chi connectivity index (χ4n) is 2.97. The van der Waals surface area contributed by atoms with E-state index in [0.717, 1.165) is 18.4 Å². The summed E-state index contributed by atoms with van der Waals surface area (Å²) in [4.78, 5) is 10.4. The fourth-order valence-corrected chi connectivity index (χ4v) is 2.97. The summed E-state index contributed by atoms with van der Waals surface area (Å²) in [5.74, 6) is 0.296. The number of non-ortho nitro benzene ring substituents is 1. The van der Waals surface area contributed by atoms with Crippen molar-refractivity contribution in [2.75, 3.05) is 6.61 Å². The highest BCUT2D eigenvalue weighted by molar-refractivity contribution is 5.35. The smallest absolute Gasteiger partial charge is 0.269 e. The summed E-state index contributed by atoms with van der Waals surface area (Å²) in [5.41, 5.74) is 1.04. The number of nitrogens with zero attached hydrogens (tertiary/aromatic N) is 1. The first-order valence-electron chi connectivity index (χ1n) is 7.23. The predicted octanol–water partition coefficient (Wildman–Crippen LogP) is 2.80. The van der Waals surface area contributed by atoms with Gasteiger partial charge in [-0.2, -0.15) is 0 Å². The molecular formula is C15H22N2O3. The van der Waals surface area contributed by atoms with Gasteiger partial charge in [-0.05, 0) is 31.2 Å². The maximum absolute atomic E-state index is 10.8. The van der Waals surface area contributed by atoms with Crippen molar-refractivity contribution in [1.82, 2.24) is 5.32 Å². The summed E-state index contributed by atoms with van der Waals surface area (Å²) in [6.45, 7) is 2.22. The van der Waals surface area contributed by atoms with Crippen molar-refractivity contribution in [3.8, 4) is 0 Å². The summed E-state index contributed by atoms with van der Waals surface area (Å²) in [6, 6.07) is 7.09. The Bertz CT molecular complexity index is 464. The van der Waals surface area contributed by atoms with Crippen LogP contribution in [-0.2, 0) is 0 Å². The molecule has 5 nitrogen and oxygen atoms in total. The highest BCUT2D eigenvalue weighted by Crippen LogP contribution is 2.27. The molecule has 3 atom stereocenters. The van der Waals surface area contributed by atoms with Gasteiger partial charge < -0.3 is 10.4 Å². The van der Waals surface area contributed by atoms with E-state index in [1.54, 1.807) is 12.1 Å². The Morgan fingerprint density at radius 2 is 2.20 bits per heavy atom. The zero-order valence-corrected chi connectivity index (χ0v) is 11.8. The quantitative estimate of drug-likeness (QED) is 0.641. The van der Waals surface area contributed by atoms with Gasteiger partial charge in [0.1, 0.15) is 0 Å². The largest absolute Gasteiger partial charge is 0.396 e. The van der Waals surface area contributed by atoms with Gasteiger partial charge in [-0.25, -0.2) is 0 Å². The van der Waals surface area contributed by atoms with Crippen molar-refractivity contribution in [1.29, 1.82) is 0 Å². The third-order valence-corrected chi connectivity index (χ3v) is 4.19. The number of rotatable bonds is 5. The summed E-state index contributed by atoms with van der Waals surface area (Å²) in [5, 5.41) is 23.8. The molecule has 1 aliphatic rings. The Kier molecular flexibility index (Phi) is 5.09. The highest BCUT2D eigenvalue weighted by atomic mass is 16.6. The fraction of sp³-hybridized carbons (Fsp3) is 0.600. The molecular weight excluding hydrogens is 256 g/mol. The standard InChI is InChI=1S/C15H22N2O3/c1-11(12-6-4-7-14(9-12)17(19)20)16-15-8-3-2-5-13(15)10-18/h4,6-7,9,11,13,15-16,18H,2-3,5,8,10H2,1H3. The first kappa shape index (κ1) is 14.9. The Hall–Kier alpha value is -1.46. The van der Waals surface area contributed by atoms with Crippen LogP contribution in [0.2, 0.25) is 0 Å². The van der Waals surface area contributed by atoms with Crippen LogP contribution in [0, 0.1) is 16.0 Å². The number of nitro groups is 1. The van der Waals surface area contributed by atoms with E-state index in [2.05, 4.69) is 5.32 Å². The minimum Gasteiger partial charge on any atom is -0.396 e. The number of nitro benzene ring substituents is 1. The zero-order valence-electron chi connectivity index (χ0n) is 11.8. The molecule has 1 saturated carbocycles. The molecule has 0 saturated heterocycles. The third-order valence-electron chi connectivity index (χ3n) is 4.19. The minimum atomic E-state index is -0.368. The van der Waals surface area contributed by atoms with Gasteiger partial charge in [0, 0.05) is 30.8 Å². The average Bonchev–Trinajstić information content (AvgIpc) is 2.48. The van der Waals surface area contributed by atoms with Crippen LogP contribution >= 0.6 is 0 Å². The SMILES string of the molecule is CC(NC1CCCCC1CO)c1cccc([N+](=O)[O-])c1. The molecule has 5 heteroatoms. The highest BCUT2D eigenvalue weighted by Gasteiger charge is 2.26. The second-order valence-electron chi connectivity index (χ2n) is 5.57. The molecule has 1 fully saturated rings. The van der Waals surface area contributed by atoms with Gasteiger partial charge in [0.25, 0.3) is 5.69 Å². The molecule has 2 N–H and O–H groups in total. The number of nitrogens with one attached hydrogen (secondary N) is 1. The molecule has 0 spiro atoms. The average molecular weight is 278 g/mol. The molecule has 1 aliphatic carbocycles. The Balaban J connectivity index is 2.05. The number of aliphatic hydroxyl groups excluding tert-OH is 1. The molecule has 110 valence electrons. The van der Waals surface area contributed by atoms with Crippen molar-refractivity contribution in [2.24, 2.45) is 5.92 Å². The Labute approximate surface area is 119 Å². The first-order valence-corrected chi connectivity index (χ1v) is 7.23. The van der Waals surface area contributed by atoms with Crippen molar-refractivity contribution < 1.29 is 10.0 Å². The van der Waals surface area contributed by atoms with Crippen LogP contribution in [0.3, 0.4) is 0 Å². The van der Waals surface area contributed by atoms with E-state index in [4.69, 9.17) is 0 Å².